The molecule has 162 valence electrons. The number of rotatable bonds is 10. The highest BCUT2D eigenvalue weighted by atomic mass is 16.6. The lowest BCUT2D eigenvalue weighted by atomic mass is 10.1. The van der Waals surface area contributed by atoms with Crippen LogP contribution in [0.5, 0.6) is 0 Å². The summed E-state index contributed by atoms with van der Waals surface area (Å²) >= 11 is 0. The van der Waals surface area contributed by atoms with Crippen molar-refractivity contribution in [1.29, 1.82) is 0 Å². The number of carbonyl (C=O) groups is 2. The summed E-state index contributed by atoms with van der Waals surface area (Å²) in [5.74, 6) is -0.534. The Kier molecular flexibility index (Phi) is 8.15. The topological polar surface area (TPSA) is 88.7 Å². The zero-order valence-corrected chi connectivity index (χ0v) is 18.1. The number of carbonyl (C=O) groups excluding carboxylic acids is 2. The minimum absolute atomic E-state index is 0.0761. The van der Waals surface area contributed by atoms with Crippen LogP contribution in [0.4, 0.5) is 5.69 Å². The molecule has 0 aliphatic heterocycles. The van der Waals surface area contributed by atoms with Gasteiger partial charge in [-0.05, 0) is 38.5 Å². The van der Waals surface area contributed by atoms with E-state index in [9.17, 15) is 19.7 Å². The van der Waals surface area contributed by atoms with Crippen LogP contribution in [0.15, 0.2) is 42.6 Å². The highest BCUT2D eigenvalue weighted by Crippen LogP contribution is 2.17. The highest BCUT2D eigenvalue weighted by molar-refractivity contribution is 5.97. The number of hydrogen-bond donors (Lipinski definition) is 0. The molecule has 0 spiro atoms. The number of nitro benzene ring substituents is 1. The SMILES string of the molecule is CCCCN(Cc1cccn1C)C(=O)CN(C(=O)c1cccc([N+](=O)[O-])c1)C(C)C. The molecule has 0 bridgehead atoms. The van der Waals surface area contributed by atoms with Crippen LogP contribution in [0.2, 0.25) is 0 Å². The number of non-ortho nitro benzene ring substituents is 1. The number of hydrogen-bond acceptors (Lipinski definition) is 4. The zero-order chi connectivity index (χ0) is 22.3. The first-order valence-corrected chi connectivity index (χ1v) is 10.2. The van der Waals surface area contributed by atoms with Crippen molar-refractivity contribution < 1.29 is 14.5 Å². The average molecular weight is 415 g/mol. The van der Waals surface area contributed by atoms with Crippen LogP contribution in [0.1, 0.15) is 49.7 Å². The van der Waals surface area contributed by atoms with E-state index in [2.05, 4.69) is 6.92 Å². The minimum atomic E-state index is -0.534. The Hall–Kier alpha value is -3.16. The summed E-state index contributed by atoms with van der Waals surface area (Å²) in [6.07, 6.45) is 3.76. The number of amides is 2. The van der Waals surface area contributed by atoms with Crippen molar-refractivity contribution >= 4 is 17.5 Å². The van der Waals surface area contributed by atoms with Gasteiger partial charge in [-0.1, -0.05) is 19.4 Å². The molecule has 1 heterocycles. The number of unbranched alkanes of at least 4 members (excludes halogenated alkanes) is 1. The van der Waals surface area contributed by atoms with Gasteiger partial charge in [0, 0.05) is 49.2 Å². The number of aromatic nitrogens is 1. The van der Waals surface area contributed by atoms with Crippen LogP contribution in [-0.2, 0) is 18.4 Å². The van der Waals surface area contributed by atoms with E-state index in [0.717, 1.165) is 18.5 Å². The Balaban J connectivity index is 2.20. The molecule has 2 amide bonds. The van der Waals surface area contributed by atoms with E-state index in [1.54, 1.807) is 4.90 Å². The maximum absolute atomic E-state index is 13.1. The third-order valence-electron chi connectivity index (χ3n) is 5.03. The third-order valence-corrected chi connectivity index (χ3v) is 5.03. The molecule has 0 saturated heterocycles. The smallest absolute Gasteiger partial charge is 0.270 e. The monoisotopic (exact) mass is 414 g/mol. The Labute approximate surface area is 177 Å². The van der Waals surface area contributed by atoms with E-state index < -0.39 is 10.8 Å². The fraction of sp³-hybridized carbons (Fsp3) is 0.455. The largest absolute Gasteiger partial charge is 0.353 e. The van der Waals surface area contributed by atoms with Crippen LogP contribution >= 0.6 is 0 Å². The summed E-state index contributed by atoms with van der Waals surface area (Å²) in [7, 11) is 1.93. The van der Waals surface area contributed by atoms with Crippen molar-refractivity contribution in [3.8, 4) is 0 Å². The Bertz CT molecular complexity index is 891. The molecule has 2 aromatic rings. The Morgan fingerprint density at radius 2 is 1.93 bits per heavy atom. The molecule has 1 aromatic heterocycles. The number of nitro groups is 1. The molecule has 8 heteroatoms. The van der Waals surface area contributed by atoms with Gasteiger partial charge in [0.15, 0.2) is 0 Å². The quantitative estimate of drug-likeness (QED) is 0.439. The second-order valence-electron chi connectivity index (χ2n) is 7.61. The van der Waals surface area contributed by atoms with Gasteiger partial charge >= 0.3 is 0 Å². The van der Waals surface area contributed by atoms with E-state index in [4.69, 9.17) is 0 Å². The molecule has 0 atom stereocenters. The third kappa shape index (κ3) is 5.92. The Morgan fingerprint density at radius 1 is 1.20 bits per heavy atom. The van der Waals surface area contributed by atoms with Crippen LogP contribution in [0.25, 0.3) is 0 Å². The fourth-order valence-corrected chi connectivity index (χ4v) is 3.15. The van der Waals surface area contributed by atoms with Crippen LogP contribution in [0.3, 0.4) is 0 Å². The molecule has 0 saturated carbocycles. The second-order valence-corrected chi connectivity index (χ2v) is 7.61. The van der Waals surface area contributed by atoms with Crippen LogP contribution < -0.4 is 0 Å². The maximum atomic E-state index is 13.1. The fourth-order valence-electron chi connectivity index (χ4n) is 3.15. The van der Waals surface area contributed by atoms with Gasteiger partial charge in [-0.25, -0.2) is 0 Å². The van der Waals surface area contributed by atoms with E-state index in [1.807, 2.05) is 43.8 Å². The van der Waals surface area contributed by atoms with Crippen LogP contribution in [-0.4, -0.2) is 50.2 Å². The molecular formula is C22H30N4O4. The molecule has 0 fully saturated rings. The molecule has 30 heavy (non-hydrogen) atoms. The minimum Gasteiger partial charge on any atom is -0.353 e. The van der Waals surface area contributed by atoms with Crippen molar-refractivity contribution in [1.82, 2.24) is 14.4 Å². The van der Waals surface area contributed by atoms with Gasteiger partial charge in [0.05, 0.1) is 11.5 Å². The van der Waals surface area contributed by atoms with Gasteiger partial charge in [-0.3, -0.25) is 19.7 Å². The van der Waals surface area contributed by atoms with Crippen molar-refractivity contribution in [3.63, 3.8) is 0 Å². The first-order valence-electron chi connectivity index (χ1n) is 10.2. The predicted molar refractivity (Wildman–Crippen MR) is 115 cm³/mol. The van der Waals surface area contributed by atoms with Crippen molar-refractivity contribution in [2.24, 2.45) is 7.05 Å². The van der Waals surface area contributed by atoms with E-state index >= 15 is 0 Å². The molecule has 2 rings (SSSR count). The van der Waals surface area contributed by atoms with Gasteiger partial charge in [0.2, 0.25) is 5.91 Å². The average Bonchev–Trinajstić information content (AvgIpc) is 3.12. The van der Waals surface area contributed by atoms with Gasteiger partial charge in [-0.15, -0.1) is 0 Å². The standard InChI is InChI=1S/C22H30N4O4/c1-5-6-13-24(15-20-11-8-12-23(20)4)21(27)16-25(17(2)3)22(28)18-9-7-10-19(14-18)26(29)30/h7-12,14,17H,5-6,13,15-16H2,1-4H3. The molecule has 0 unspecified atom stereocenters. The van der Waals surface area contributed by atoms with E-state index in [0.29, 0.717) is 13.1 Å². The predicted octanol–water partition coefficient (Wildman–Crippen LogP) is 3.61. The van der Waals surface area contributed by atoms with Crippen LogP contribution in [0, 0.1) is 10.1 Å². The number of aryl methyl sites for hydroxylation is 1. The molecular weight excluding hydrogens is 384 g/mol. The first kappa shape index (κ1) is 23.1. The van der Waals surface area contributed by atoms with Gasteiger partial charge in [-0.2, -0.15) is 0 Å². The maximum Gasteiger partial charge on any atom is 0.270 e. The number of benzene rings is 1. The lowest BCUT2D eigenvalue weighted by molar-refractivity contribution is -0.384. The van der Waals surface area contributed by atoms with E-state index in [-0.39, 0.29) is 29.7 Å². The summed E-state index contributed by atoms with van der Waals surface area (Å²) in [5, 5.41) is 11.0. The van der Waals surface area contributed by atoms with Gasteiger partial charge in [0.1, 0.15) is 6.54 Å². The lowest BCUT2D eigenvalue weighted by Gasteiger charge is -2.30. The molecule has 0 aliphatic rings. The molecule has 1 aromatic carbocycles. The number of nitrogens with zero attached hydrogens (tertiary/aromatic N) is 4. The summed E-state index contributed by atoms with van der Waals surface area (Å²) in [6.45, 7) is 6.73. The molecule has 0 aliphatic carbocycles. The second kappa shape index (κ2) is 10.6. The van der Waals surface area contributed by atoms with Crippen molar-refractivity contribution in [2.75, 3.05) is 13.1 Å². The first-order chi connectivity index (χ1) is 14.2. The van der Waals surface area contributed by atoms with Gasteiger partial charge < -0.3 is 14.4 Å². The summed E-state index contributed by atoms with van der Waals surface area (Å²) in [5.41, 5.74) is 1.07. The van der Waals surface area contributed by atoms with Crippen molar-refractivity contribution in [2.45, 2.75) is 46.2 Å². The normalized spacial score (nSPS) is 10.8. The zero-order valence-electron chi connectivity index (χ0n) is 18.1. The highest BCUT2D eigenvalue weighted by Gasteiger charge is 2.25. The van der Waals surface area contributed by atoms with Gasteiger partial charge in [0.25, 0.3) is 11.6 Å². The summed E-state index contributed by atoms with van der Waals surface area (Å²) in [6, 6.07) is 9.28. The summed E-state index contributed by atoms with van der Waals surface area (Å²) in [4.78, 5) is 39.9. The lowest BCUT2D eigenvalue weighted by Crippen LogP contribution is -2.46. The Morgan fingerprint density at radius 3 is 2.50 bits per heavy atom. The molecule has 0 radical (unpaired) electrons. The van der Waals surface area contributed by atoms with Crippen molar-refractivity contribution in [3.05, 3.63) is 64.0 Å². The summed E-state index contributed by atoms with van der Waals surface area (Å²) < 4.78 is 1.97. The molecule has 8 nitrogen and oxygen atoms in total. The van der Waals surface area contributed by atoms with E-state index in [1.165, 1.54) is 29.2 Å². The molecule has 0 N–H and O–H groups in total.